The fraction of sp³-hybridized carbons (Fsp3) is 0.214. The zero-order chi connectivity index (χ0) is 13.4. The molecular formula is C14H13N3O2. The first-order chi connectivity index (χ1) is 9.17. The Kier molecular flexibility index (Phi) is 2.67. The van der Waals surface area contributed by atoms with E-state index in [0.717, 1.165) is 16.5 Å². The van der Waals surface area contributed by atoms with Crippen LogP contribution in [0.2, 0.25) is 0 Å². The summed E-state index contributed by atoms with van der Waals surface area (Å²) in [5.41, 5.74) is 2.14. The van der Waals surface area contributed by atoms with Gasteiger partial charge in [0.05, 0.1) is 5.56 Å². The number of benzene rings is 1. The van der Waals surface area contributed by atoms with E-state index in [4.69, 9.17) is 4.52 Å². The Balaban J connectivity index is 2.21. The van der Waals surface area contributed by atoms with Crippen LogP contribution in [0.25, 0.3) is 22.3 Å². The lowest BCUT2D eigenvalue weighted by Crippen LogP contribution is -2.09. The molecule has 0 amide bonds. The molecule has 0 aliphatic rings. The second kappa shape index (κ2) is 4.35. The van der Waals surface area contributed by atoms with Crippen molar-refractivity contribution >= 4 is 10.9 Å². The van der Waals surface area contributed by atoms with Crippen LogP contribution >= 0.6 is 0 Å². The average Bonchev–Trinajstić information content (AvgIpc) is 2.86. The summed E-state index contributed by atoms with van der Waals surface area (Å²) in [7, 11) is 0. The number of nitrogens with zero attached hydrogens (tertiary/aromatic N) is 2. The SMILES string of the molecule is CCc1nc(-c2cc3ccc(C)cc3[nH]c2=O)no1. The molecule has 0 fully saturated rings. The molecular weight excluding hydrogens is 242 g/mol. The van der Waals surface area contributed by atoms with Gasteiger partial charge >= 0.3 is 0 Å². The normalized spacial score (nSPS) is 11.1. The number of aromatic nitrogens is 3. The molecule has 0 saturated carbocycles. The predicted molar refractivity (Wildman–Crippen MR) is 72.0 cm³/mol. The van der Waals surface area contributed by atoms with Crippen molar-refractivity contribution in [2.75, 3.05) is 0 Å². The van der Waals surface area contributed by atoms with Crippen molar-refractivity contribution in [3.8, 4) is 11.4 Å². The zero-order valence-corrected chi connectivity index (χ0v) is 10.7. The van der Waals surface area contributed by atoms with Gasteiger partial charge in [-0.05, 0) is 30.0 Å². The molecule has 0 radical (unpaired) electrons. The van der Waals surface area contributed by atoms with Gasteiger partial charge in [0.15, 0.2) is 0 Å². The summed E-state index contributed by atoms with van der Waals surface area (Å²) in [6.07, 6.45) is 0.650. The number of pyridine rings is 1. The van der Waals surface area contributed by atoms with E-state index in [1.807, 2.05) is 32.0 Å². The van der Waals surface area contributed by atoms with E-state index in [-0.39, 0.29) is 5.56 Å². The highest BCUT2D eigenvalue weighted by molar-refractivity contribution is 5.82. The monoisotopic (exact) mass is 255 g/mol. The van der Waals surface area contributed by atoms with Crippen LogP contribution in [0.1, 0.15) is 18.4 Å². The van der Waals surface area contributed by atoms with Crippen LogP contribution in [0.4, 0.5) is 0 Å². The lowest BCUT2D eigenvalue weighted by atomic mass is 10.1. The third-order valence-corrected chi connectivity index (χ3v) is 3.01. The van der Waals surface area contributed by atoms with Crippen molar-refractivity contribution in [2.45, 2.75) is 20.3 Å². The van der Waals surface area contributed by atoms with Gasteiger partial charge < -0.3 is 9.51 Å². The molecule has 2 heterocycles. The Hall–Kier alpha value is -2.43. The standard InChI is InChI=1S/C14H13N3O2/c1-3-12-16-13(17-19-12)10-7-9-5-4-8(2)6-11(9)15-14(10)18/h4-7H,3H2,1-2H3,(H,15,18). The van der Waals surface area contributed by atoms with Crippen LogP contribution in [0.3, 0.4) is 0 Å². The quantitative estimate of drug-likeness (QED) is 0.763. The maximum absolute atomic E-state index is 12.1. The van der Waals surface area contributed by atoms with Gasteiger partial charge in [-0.3, -0.25) is 4.79 Å². The summed E-state index contributed by atoms with van der Waals surface area (Å²) in [6.45, 7) is 3.91. The van der Waals surface area contributed by atoms with Crippen LogP contribution < -0.4 is 5.56 Å². The molecule has 5 nitrogen and oxygen atoms in total. The summed E-state index contributed by atoms with van der Waals surface area (Å²) in [4.78, 5) is 19.1. The molecule has 0 aliphatic carbocycles. The van der Waals surface area contributed by atoms with Gasteiger partial charge in [-0.15, -0.1) is 0 Å². The summed E-state index contributed by atoms with van der Waals surface area (Å²) in [5.74, 6) is 0.860. The van der Waals surface area contributed by atoms with Gasteiger partial charge in [0.2, 0.25) is 11.7 Å². The van der Waals surface area contributed by atoms with E-state index in [2.05, 4.69) is 15.1 Å². The minimum absolute atomic E-state index is 0.207. The lowest BCUT2D eigenvalue weighted by Gasteiger charge is -2.01. The maximum Gasteiger partial charge on any atom is 0.259 e. The Morgan fingerprint density at radius 1 is 1.32 bits per heavy atom. The fourth-order valence-corrected chi connectivity index (χ4v) is 1.99. The van der Waals surface area contributed by atoms with Gasteiger partial charge in [-0.25, -0.2) is 0 Å². The number of hydrogen-bond donors (Lipinski definition) is 1. The highest BCUT2D eigenvalue weighted by Gasteiger charge is 2.12. The van der Waals surface area contributed by atoms with Crippen LogP contribution in [0, 0.1) is 6.92 Å². The van der Waals surface area contributed by atoms with Crippen molar-refractivity contribution in [1.29, 1.82) is 0 Å². The fourth-order valence-electron chi connectivity index (χ4n) is 1.99. The number of H-pyrrole nitrogens is 1. The first-order valence-corrected chi connectivity index (χ1v) is 6.14. The van der Waals surface area contributed by atoms with Crippen molar-refractivity contribution < 1.29 is 4.52 Å². The van der Waals surface area contributed by atoms with E-state index in [1.54, 1.807) is 6.07 Å². The highest BCUT2D eigenvalue weighted by atomic mass is 16.5. The smallest absolute Gasteiger partial charge is 0.259 e. The maximum atomic E-state index is 12.1. The van der Waals surface area contributed by atoms with Crippen LogP contribution in [0.15, 0.2) is 33.6 Å². The second-order valence-corrected chi connectivity index (χ2v) is 4.47. The molecule has 0 unspecified atom stereocenters. The molecule has 0 atom stereocenters. The van der Waals surface area contributed by atoms with E-state index in [9.17, 15) is 4.79 Å². The van der Waals surface area contributed by atoms with Gasteiger partial charge in [0.1, 0.15) is 0 Å². The van der Waals surface area contributed by atoms with Crippen molar-refractivity contribution in [3.05, 3.63) is 46.1 Å². The third kappa shape index (κ3) is 2.03. The molecule has 0 bridgehead atoms. The molecule has 0 spiro atoms. The van der Waals surface area contributed by atoms with Gasteiger partial charge in [0, 0.05) is 11.9 Å². The summed E-state index contributed by atoms with van der Waals surface area (Å²) < 4.78 is 5.04. The van der Waals surface area contributed by atoms with Gasteiger partial charge in [0.25, 0.3) is 5.56 Å². The van der Waals surface area contributed by atoms with Crippen LogP contribution in [-0.2, 0) is 6.42 Å². The Morgan fingerprint density at radius 2 is 2.16 bits per heavy atom. The van der Waals surface area contributed by atoms with E-state index in [1.165, 1.54) is 0 Å². The number of hydrogen-bond acceptors (Lipinski definition) is 4. The number of fused-ring (bicyclic) bond motifs is 1. The molecule has 0 saturated heterocycles. The van der Waals surface area contributed by atoms with Crippen LogP contribution in [-0.4, -0.2) is 15.1 Å². The summed E-state index contributed by atoms with van der Waals surface area (Å²) in [6, 6.07) is 7.69. The first kappa shape index (κ1) is 11.6. The molecule has 19 heavy (non-hydrogen) atoms. The van der Waals surface area contributed by atoms with E-state index in [0.29, 0.717) is 23.7 Å². The molecule has 1 aromatic carbocycles. The molecule has 2 aromatic heterocycles. The average molecular weight is 255 g/mol. The number of aryl methyl sites for hydroxylation is 2. The van der Waals surface area contributed by atoms with Crippen molar-refractivity contribution in [2.24, 2.45) is 0 Å². The Labute approximate surface area is 109 Å². The zero-order valence-electron chi connectivity index (χ0n) is 10.7. The topological polar surface area (TPSA) is 71.8 Å². The minimum atomic E-state index is -0.207. The van der Waals surface area contributed by atoms with E-state index >= 15 is 0 Å². The Bertz CT molecular complexity index is 802. The number of nitrogens with one attached hydrogen (secondary N) is 1. The first-order valence-electron chi connectivity index (χ1n) is 6.14. The van der Waals surface area contributed by atoms with Crippen LogP contribution in [0.5, 0.6) is 0 Å². The molecule has 1 N–H and O–H groups in total. The molecule has 0 aliphatic heterocycles. The molecule has 3 aromatic rings. The largest absolute Gasteiger partial charge is 0.339 e. The van der Waals surface area contributed by atoms with Gasteiger partial charge in [-0.2, -0.15) is 4.98 Å². The summed E-state index contributed by atoms with van der Waals surface area (Å²) >= 11 is 0. The van der Waals surface area contributed by atoms with Gasteiger partial charge in [-0.1, -0.05) is 24.2 Å². The second-order valence-electron chi connectivity index (χ2n) is 4.47. The predicted octanol–water partition coefficient (Wildman–Crippen LogP) is 2.45. The molecule has 3 rings (SSSR count). The Morgan fingerprint density at radius 3 is 2.89 bits per heavy atom. The number of aromatic amines is 1. The lowest BCUT2D eigenvalue weighted by molar-refractivity contribution is 0.382. The summed E-state index contributed by atoms with van der Waals surface area (Å²) in [5, 5.41) is 4.78. The van der Waals surface area contributed by atoms with Crippen molar-refractivity contribution in [1.82, 2.24) is 15.1 Å². The number of rotatable bonds is 2. The molecule has 5 heteroatoms. The third-order valence-electron chi connectivity index (χ3n) is 3.01. The molecule has 96 valence electrons. The van der Waals surface area contributed by atoms with Crippen molar-refractivity contribution in [3.63, 3.8) is 0 Å². The highest BCUT2D eigenvalue weighted by Crippen LogP contribution is 2.18. The van der Waals surface area contributed by atoms with E-state index < -0.39 is 0 Å². The minimum Gasteiger partial charge on any atom is -0.339 e.